The van der Waals surface area contributed by atoms with Gasteiger partial charge in [0.05, 0.1) is 11.0 Å². The topological polar surface area (TPSA) is 77.8 Å². The third kappa shape index (κ3) is 3.20. The number of amides is 1. The van der Waals surface area contributed by atoms with E-state index in [-0.39, 0.29) is 5.91 Å². The van der Waals surface area contributed by atoms with Crippen LogP contribution < -0.4 is 10.6 Å². The van der Waals surface area contributed by atoms with Gasteiger partial charge in [0.25, 0.3) is 0 Å². The first-order valence-electron chi connectivity index (χ1n) is 5.74. The second kappa shape index (κ2) is 5.50. The van der Waals surface area contributed by atoms with Crippen LogP contribution in [0.3, 0.4) is 0 Å². The van der Waals surface area contributed by atoms with E-state index in [1.54, 1.807) is 19.2 Å². The summed E-state index contributed by atoms with van der Waals surface area (Å²) in [6.07, 6.45) is 0. The highest BCUT2D eigenvalue weighted by Crippen LogP contribution is 2.18. The minimum absolute atomic E-state index is 0.0545. The number of pyridine rings is 1. The second-order valence-electron chi connectivity index (χ2n) is 4.78. The molecule has 0 spiro atoms. The molecular formula is C13H18N4O. The molecule has 0 fully saturated rings. The average Bonchev–Trinajstić information content (AvgIpc) is 2.35. The summed E-state index contributed by atoms with van der Waals surface area (Å²) < 4.78 is 0. The Hall–Kier alpha value is -2.09. The summed E-state index contributed by atoms with van der Waals surface area (Å²) in [5, 5.41) is 14.7. The molecule has 96 valence electrons. The van der Waals surface area contributed by atoms with Crippen LogP contribution in [0.15, 0.2) is 12.1 Å². The van der Waals surface area contributed by atoms with Crippen molar-refractivity contribution in [2.45, 2.75) is 20.8 Å². The monoisotopic (exact) mass is 246 g/mol. The molecule has 1 aromatic heterocycles. The number of aromatic nitrogens is 1. The number of anilines is 1. The van der Waals surface area contributed by atoms with Gasteiger partial charge in [-0.3, -0.25) is 4.79 Å². The van der Waals surface area contributed by atoms with Crippen LogP contribution in [-0.4, -0.2) is 24.5 Å². The van der Waals surface area contributed by atoms with Gasteiger partial charge in [-0.15, -0.1) is 0 Å². The van der Waals surface area contributed by atoms with Crippen molar-refractivity contribution < 1.29 is 4.79 Å². The maximum absolute atomic E-state index is 11.6. The van der Waals surface area contributed by atoms with Crippen molar-refractivity contribution in [3.63, 3.8) is 0 Å². The zero-order chi connectivity index (χ0) is 13.8. The molecule has 2 N–H and O–H groups in total. The minimum atomic E-state index is -0.563. The molecule has 1 rings (SSSR count). The number of carbonyl (C=O) groups excluding carboxylic acids is 1. The molecule has 0 saturated carbocycles. The fraction of sp³-hybridized carbons (Fsp3) is 0.462. The van der Waals surface area contributed by atoms with Crippen molar-refractivity contribution >= 4 is 11.7 Å². The van der Waals surface area contributed by atoms with Gasteiger partial charge in [0.2, 0.25) is 5.91 Å². The largest absolute Gasteiger partial charge is 0.368 e. The first-order chi connectivity index (χ1) is 8.40. The van der Waals surface area contributed by atoms with E-state index < -0.39 is 5.41 Å². The number of nitrogens with one attached hydrogen (secondary N) is 2. The molecule has 0 unspecified atom stereocenters. The van der Waals surface area contributed by atoms with E-state index in [1.165, 1.54) is 0 Å². The van der Waals surface area contributed by atoms with Crippen LogP contribution in [0, 0.1) is 23.7 Å². The normalized spacial score (nSPS) is 10.6. The Balaban J connectivity index is 2.84. The van der Waals surface area contributed by atoms with Gasteiger partial charge >= 0.3 is 0 Å². The predicted octanol–water partition coefficient (Wildman–Crippen LogP) is 1.45. The summed E-state index contributed by atoms with van der Waals surface area (Å²) in [5.41, 5.74) is 0.745. The van der Waals surface area contributed by atoms with E-state index in [1.807, 2.05) is 20.8 Å². The molecule has 0 bridgehead atoms. The Morgan fingerprint density at radius 3 is 2.72 bits per heavy atom. The second-order valence-corrected chi connectivity index (χ2v) is 4.78. The summed E-state index contributed by atoms with van der Waals surface area (Å²) in [5.74, 6) is 0.468. The van der Waals surface area contributed by atoms with Crippen LogP contribution in [-0.2, 0) is 4.79 Å². The van der Waals surface area contributed by atoms with Gasteiger partial charge in [0.1, 0.15) is 11.9 Å². The van der Waals surface area contributed by atoms with Crippen LogP contribution in [0.2, 0.25) is 0 Å². The Labute approximate surface area is 107 Å². The molecular weight excluding hydrogens is 228 g/mol. The smallest absolute Gasteiger partial charge is 0.227 e. The number of aryl methyl sites for hydroxylation is 1. The van der Waals surface area contributed by atoms with E-state index in [9.17, 15) is 4.79 Å². The van der Waals surface area contributed by atoms with Crippen LogP contribution in [0.1, 0.15) is 25.1 Å². The molecule has 5 heteroatoms. The number of rotatable bonds is 4. The molecule has 1 amide bonds. The SMILES string of the molecule is CNC(=O)C(C)(C)CNc1nc(C)ccc1C#N. The van der Waals surface area contributed by atoms with Crippen molar-refractivity contribution in [3.8, 4) is 6.07 Å². The van der Waals surface area contributed by atoms with Crippen LogP contribution in [0.25, 0.3) is 0 Å². The highest BCUT2D eigenvalue weighted by atomic mass is 16.2. The first-order valence-corrected chi connectivity index (χ1v) is 5.74. The van der Waals surface area contributed by atoms with E-state index in [0.717, 1.165) is 5.69 Å². The maximum Gasteiger partial charge on any atom is 0.227 e. The molecule has 0 saturated heterocycles. The number of hydrogen-bond acceptors (Lipinski definition) is 4. The standard InChI is InChI=1S/C13H18N4O/c1-9-5-6-10(7-14)11(17-9)16-8-13(2,3)12(18)15-4/h5-6H,8H2,1-4H3,(H,15,18)(H,16,17). The lowest BCUT2D eigenvalue weighted by Gasteiger charge is -2.23. The molecule has 5 nitrogen and oxygen atoms in total. The van der Waals surface area contributed by atoms with Crippen molar-refractivity contribution in [2.24, 2.45) is 5.41 Å². The average molecular weight is 246 g/mol. The number of nitrogens with zero attached hydrogens (tertiary/aromatic N) is 2. The predicted molar refractivity (Wildman–Crippen MR) is 70.0 cm³/mol. The van der Waals surface area contributed by atoms with Gasteiger partial charge in [-0.1, -0.05) is 0 Å². The van der Waals surface area contributed by atoms with Crippen molar-refractivity contribution in [1.29, 1.82) is 5.26 Å². The first kappa shape index (κ1) is 14.0. The van der Waals surface area contributed by atoms with E-state index >= 15 is 0 Å². The van der Waals surface area contributed by atoms with Crippen LogP contribution in [0.4, 0.5) is 5.82 Å². The maximum atomic E-state index is 11.6. The summed E-state index contributed by atoms with van der Waals surface area (Å²) in [6.45, 7) is 5.94. The molecule has 1 heterocycles. The third-order valence-electron chi connectivity index (χ3n) is 2.69. The summed E-state index contributed by atoms with van der Waals surface area (Å²) in [4.78, 5) is 15.9. The Bertz CT molecular complexity index is 488. The van der Waals surface area contributed by atoms with Crippen molar-refractivity contribution in [2.75, 3.05) is 18.9 Å². The summed E-state index contributed by atoms with van der Waals surface area (Å²) >= 11 is 0. The lowest BCUT2D eigenvalue weighted by atomic mass is 9.92. The Morgan fingerprint density at radius 1 is 1.50 bits per heavy atom. The molecule has 0 aliphatic carbocycles. The molecule has 0 aliphatic heterocycles. The van der Waals surface area contributed by atoms with Gasteiger partial charge in [0.15, 0.2) is 0 Å². The highest BCUT2D eigenvalue weighted by Gasteiger charge is 2.26. The zero-order valence-corrected chi connectivity index (χ0v) is 11.2. The quantitative estimate of drug-likeness (QED) is 0.842. The van der Waals surface area contributed by atoms with Crippen LogP contribution in [0.5, 0.6) is 0 Å². The van der Waals surface area contributed by atoms with Crippen LogP contribution >= 0.6 is 0 Å². The fourth-order valence-corrected chi connectivity index (χ4v) is 1.51. The lowest BCUT2D eigenvalue weighted by molar-refractivity contribution is -0.128. The lowest BCUT2D eigenvalue weighted by Crippen LogP contribution is -2.39. The third-order valence-corrected chi connectivity index (χ3v) is 2.69. The summed E-state index contributed by atoms with van der Waals surface area (Å²) in [6, 6.07) is 5.58. The van der Waals surface area contributed by atoms with Gasteiger partial charge in [-0.2, -0.15) is 5.26 Å². The van der Waals surface area contributed by atoms with Gasteiger partial charge < -0.3 is 10.6 Å². The van der Waals surface area contributed by atoms with Gasteiger partial charge in [0, 0.05) is 19.3 Å². The molecule has 0 atom stereocenters. The zero-order valence-electron chi connectivity index (χ0n) is 11.2. The molecule has 1 aromatic rings. The van der Waals surface area contributed by atoms with E-state index in [2.05, 4.69) is 21.7 Å². The van der Waals surface area contributed by atoms with E-state index in [0.29, 0.717) is 17.9 Å². The van der Waals surface area contributed by atoms with E-state index in [4.69, 9.17) is 5.26 Å². The van der Waals surface area contributed by atoms with Crippen molar-refractivity contribution in [3.05, 3.63) is 23.4 Å². The summed E-state index contributed by atoms with van der Waals surface area (Å²) in [7, 11) is 1.61. The van der Waals surface area contributed by atoms with Crippen molar-refractivity contribution in [1.82, 2.24) is 10.3 Å². The molecule has 0 aromatic carbocycles. The Kier molecular flexibility index (Phi) is 4.27. The number of carbonyl (C=O) groups is 1. The molecule has 18 heavy (non-hydrogen) atoms. The molecule has 0 aliphatic rings. The van der Waals surface area contributed by atoms with Gasteiger partial charge in [-0.25, -0.2) is 4.98 Å². The minimum Gasteiger partial charge on any atom is -0.368 e. The highest BCUT2D eigenvalue weighted by molar-refractivity contribution is 5.82. The fourth-order valence-electron chi connectivity index (χ4n) is 1.51. The number of hydrogen-bond donors (Lipinski definition) is 2. The molecule has 0 radical (unpaired) electrons. The van der Waals surface area contributed by atoms with Gasteiger partial charge in [-0.05, 0) is 32.9 Å². The number of nitriles is 1. The Morgan fingerprint density at radius 2 is 2.17 bits per heavy atom.